The first kappa shape index (κ1) is 19.7. The fourth-order valence-electron chi connectivity index (χ4n) is 4.43. The van der Waals surface area contributed by atoms with E-state index in [4.69, 9.17) is 0 Å². The van der Waals surface area contributed by atoms with Gasteiger partial charge >= 0.3 is 0 Å². The number of fused-ring (bicyclic) bond motifs is 1. The fourth-order valence-corrected chi connectivity index (χ4v) is 4.43. The molecule has 29 heavy (non-hydrogen) atoms. The summed E-state index contributed by atoms with van der Waals surface area (Å²) in [4.78, 5) is 27.6. The second-order valence-electron chi connectivity index (χ2n) is 8.52. The average Bonchev–Trinajstić information content (AvgIpc) is 3.17. The highest BCUT2D eigenvalue weighted by atomic mass is 16.2. The first-order chi connectivity index (χ1) is 14.0. The fraction of sp³-hybridized carbons (Fsp3) is 0.522. The van der Waals surface area contributed by atoms with Gasteiger partial charge in [0.05, 0.1) is 6.54 Å². The van der Waals surface area contributed by atoms with Gasteiger partial charge in [0, 0.05) is 36.3 Å². The van der Waals surface area contributed by atoms with Crippen LogP contribution in [0.5, 0.6) is 0 Å². The summed E-state index contributed by atoms with van der Waals surface area (Å²) >= 11 is 0. The molecule has 2 aliphatic rings. The minimum absolute atomic E-state index is 0.00788. The van der Waals surface area contributed by atoms with Gasteiger partial charge < -0.3 is 10.2 Å². The highest BCUT2D eigenvalue weighted by Gasteiger charge is 2.28. The van der Waals surface area contributed by atoms with Crippen molar-refractivity contribution in [1.82, 2.24) is 20.4 Å². The van der Waals surface area contributed by atoms with Gasteiger partial charge in [-0.05, 0) is 55.9 Å². The molecule has 1 saturated carbocycles. The van der Waals surface area contributed by atoms with E-state index in [0.29, 0.717) is 43.2 Å². The van der Waals surface area contributed by atoms with E-state index in [9.17, 15) is 9.59 Å². The van der Waals surface area contributed by atoms with Crippen molar-refractivity contribution >= 4 is 11.8 Å². The van der Waals surface area contributed by atoms with Crippen molar-refractivity contribution in [2.75, 3.05) is 13.1 Å². The Morgan fingerprint density at radius 2 is 1.97 bits per heavy atom. The van der Waals surface area contributed by atoms with Crippen molar-refractivity contribution < 1.29 is 9.59 Å². The van der Waals surface area contributed by atoms with E-state index >= 15 is 0 Å². The second kappa shape index (κ2) is 8.39. The summed E-state index contributed by atoms with van der Waals surface area (Å²) in [6.07, 6.45) is 6.90. The van der Waals surface area contributed by atoms with Crippen molar-refractivity contribution in [3.8, 4) is 0 Å². The minimum Gasteiger partial charge on any atom is -0.350 e. The molecule has 6 nitrogen and oxygen atoms in total. The molecule has 4 rings (SSSR count). The lowest BCUT2D eigenvalue weighted by molar-refractivity contribution is 0.0731. The number of rotatable bonds is 4. The number of aromatic nitrogens is 2. The number of carbonyl (C=O) groups is 2. The largest absolute Gasteiger partial charge is 0.350 e. The van der Waals surface area contributed by atoms with Crippen molar-refractivity contribution in [3.05, 3.63) is 51.8 Å². The number of H-pyrrole nitrogens is 1. The first-order valence-corrected chi connectivity index (χ1v) is 10.7. The van der Waals surface area contributed by atoms with Gasteiger partial charge in [0.25, 0.3) is 11.8 Å². The van der Waals surface area contributed by atoms with Crippen LogP contribution in [0.3, 0.4) is 0 Å². The van der Waals surface area contributed by atoms with E-state index in [1.165, 1.54) is 37.7 Å². The molecular weight excluding hydrogens is 364 g/mol. The number of aromatic amines is 1. The molecule has 0 spiro atoms. The zero-order chi connectivity index (χ0) is 20.4. The summed E-state index contributed by atoms with van der Waals surface area (Å²) in [5.41, 5.74) is 5.25. The third-order valence-corrected chi connectivity index (χ3v) is 6.47. The number of amides is 2. The van der Waals surface area contributed by atoms with Crippen molar-refractivity contribution in [2.45, 2.75) is 58.9 Å². The maximum atomic E-state index is 13.0. The molecule has 1 aliphatic heterocycles. The summed E-state index contributed by atoms with van der Waals surface area (Å²) in [5.74, 6) is 0.451. The van der Waals surface area contributed by atoms with Gasteiger partial charge in [-0.2, -0.15) is 5.10 Å². The lowest BCUT2D eigenvalue weighted by Gasteiger charge is -2.27. The van der Waals surface area contributed by atoms with Crippen LogP contribution in [0.4, 0.5) is 0 Å². The van der Waals surface area contributed by atoms with E-state index < -0.39 is 0 Å². The molecule has 0 unspecified atom stereocenters. The molecule has 2 aromatic rings. The maximum Gasteiger partial charge on any atom is 0.272 e. The van der Waals surface area contributed by atoms with Gasteiger partial charge in [-0.25, -0.2) is 0 Å². The molecule has 0 atom stereocenters. The Bertz CT molecular complexity index is 912. The summed E-state index contributed by atoms with van der Waals surface area (Å²) in [6.45, 7) is 5.82. The Hall–Kier alpha value is -2.63. The number of nitrogens with one attached hydrogen (secondary N) is 2. The van der Waals surface area contributed by atoms with Gasteiger partial charge in [0.2, 0.25) is 0 Å². The van der Waals surface area contributed by atoms with Gasteiger partial charge in [0.1, 0.15) is 0 Å². The van der Waals surface area contributed by atoms with Gasteiger partial charge in [-0.3, -0.25) is 14.7 Å². The van der Waals surface area contributed by atoms with E-state index in [-0.39, 0.29) is 11.8 Å². The first-order valence-electron chi connectivity index (χ1n) is 10.7. The summed E-state index contributed by atoms with van der Waals surface area (Å²) in [7, 11) is 0. The molecule has 2 amide bonds. The van der Waals surface area contributed by atoms with Crippen LogP contribution in [-0.4, -0.2) is 40.0 Å². The Morgan fingerprint density at radius 1 is 1.17 bits per heavy atom. The zero-order valence-electron chi connectivity index (χ0n) is 17.4. The second-order valence-corrected chi connectivity index (χ2v) is 8.52. The van der Waals surface area contributed by atoms with Gasteiger partial charge in [-0.15, -0.1) is 0 Å². The number of benzene rings is 1. The molecule has 1 fully saturated rings. The third-order valence-electron chi connectivity index (χ3n) is 6.47. The number of hydrogen-bond donors (Lipinski definition) is 2. The number of hydrogen-bond acceptors (Lipinski definition) is 3. The summed E-state index contributed by atoms with van der Waals surface area (Å²) in [5, 5.41) is 10.4. The summed E-state index contributed by atoms with van der Waals surface area (Å²) in [6, 6.07) is 5.81. The van der Waals surface area contributed by atoms with E-state index in [2.05, 4.69) is 15.5 Å². The van der Waals surface area contributed by atoms with Crippen LogP contribution < -0.4 is 5.32 Å². The van der Waals surface area contributed by atoms with Crippen LogP contribution in [0.1, 0.15) is 75.3 Å². The minimum atomic E-state index is -0.131. The molecule has 1 aliphatic carbocycles. The maximum absolute atomic E-state index is 13.0. The molecule has 1 aromatic heterocycles. The highest BCUT2D eigenvalue weighted by Crippen LogP contribution is 2.24. The number of carbonyl (C=O) groups excluding carboxylic acids is 2. The quantitative estimate of drug-likeness (QED) is 0.833. The standard InChI is InChI=1S/C23H30N4O2/c1-15-8-9-18(12-16(15)2)23(29)27-11-10-20-19(14-27)21(26-25-20)22(28)24-13-17-6-4-3-5-7-17/h8-9,12,17H,3-7,10-11,13-14H2,1-2H3,(H,24,28)(H,25,26). The smallest absolute Gasteiger partial charge is 0.272 e. The summed E-state index contributed by atoms with van der Waals surface area (Å²) < 4.78 is 0. The Labute approximate surface area is 172 Å². The van der Waals surface area contributed by atoms with E-state index in [0.717, 1.165) is 16.8 Å². The molecule has 1 aromatic carbocycles. The van der Waals surface area contributed by atoms with Crippen LogP contribution in [0.15, 0.2) is 18.2 Å². The van der Waals surface area contributed by atoms with Crippen molar-refractivity contribution in [1.29, 1.82) is 0 Å². The topological polar surface area (TPSA) is 78.1 Å². The number of aryl methyl sites for hydroxylation is 2. The molecule has 0 radical (unpaired) electrons. The van der Waals surface area contributed by atoms with Gasteiger partial charge in [-0.1, -0.05) is 25.3 Å². The normalized spacial score (nSPS) is 17.1. The molecule has 2 heterocycles. The molecular formula is C23H30N4O2. The zero-order valence-corrected chi connectivity index (χ0v) is 17.4. The molecule has 2 N–H and O–H groups in total. The SMILES string of the molecule is Cc1ccc(C(=O)N2CCc3[nH]nc(C(=O)NCC4CCCCC4)c3C2)cc1C. The van der Waals surface area contributed by atoms with Crippen LogP contribution in [0, 0.1) is 19.8 Å². The lowest BCUT2D eigenvalue weighted by atomic mass is 9.89. The molecule has 154 valence electrons. The van der Waals surface area contributed by atoms with E-state index in [1.807, 2.05) is 36.9 Å². The van der Waals surface area contributed by atoms with E-state index in [1.54, 1.807) is 0 Å². The van der Waals surface area contributed by atoms with Crippen LogP contribution in [0.2, 0.25) is 0 Å². The average molecular weight is 395 g/mol. The van der Waals surface area contributed by atoms with Crippen molar-refractivity contribution in [3.63, 3.8) is 0 Å². The van der Waals surface area contributed by atoms with Crippen LogP contribution in [-0.2, 0) is 13.0 Å². The van der Waals surface area contributed by atoms with Crippen LogP contribution in [0.25, 0.3) is 0 Å². The molecule has 0 saturated heterocycles. The lowest BCUT2D eigenvalue weighted by Crippen LogP contribution is -2.37. The predicted molar refractivity (Wildman–Crippen MR) is 112 cm³/mol. The number of nitrogens with zero attached hydrogens (tertiary/aromatic N) is 2. The Morgan fingerprint density at radius 3 is 2.72 bits per heavy atom. The van der Waals surface area contributed by atoms with Crippen molar-refractivity contribution in [2.24, 2.45) is 5.92 Å². The predicted octanol–water partition coefficient (Wildman–Crippen LogP) is 3.54. The molecule has 6 heteroatoms. The highest BCUT2D eigenvalue weighted by molar-refractivity contribution is 5.96. The Kier molecular flexibility index (Phi) is 5.69. The monoisotopic (exact) mass is 394 g/mol. The van der Waals surface area contributed by atoms with Gasteiger partial charge in [0.15, 0.2) is 5.69 Å². The molecule has 0 bridgehead atoms. The third kappa shape index (κ3) is 4.21. The Balaban J connectivity index is 1.44. The van der Waals surface area contributed by atoms with Crippen LogP contribution >= 0.6 is 0 Å².